The molecule has 2 rings (SSSR count). The van der Waals surface area contributed by atoms with Crippen molar-refractivity contribution in [2.24, 2.45) is 0 Å². The van der Waals surface area contributed by atoms with E-state index < -0.39 is 6.10 Å². The molecule has 0 aliphatic rings. The predicted molar refractivity (Wildman–Crippen MR) is 71.6 cm³/mol. The van der Waals surface area contributed by atoms with Gasteiger partial charge in [0.2, 0.25) is 0 Å². The van der Waals surface area contributed by atoms with E-state index in [1.807, 2.05) is 25.1 Å². The Kier molecular flexibility index (Phi) is 4.04. The Morgan fingerprint density at radius 3 is 2.78 bits per heavy atom. The molecule has 1 heterocycles. The van der Waals surface area contributed by atoms with Gasteiger partial charge in [0.15, 0.2) is 0 Å². The summed E-state index contributed by atoms with van der Waals surface area (Å²) in [6.45, 7) is 4.11. The number of hydrogen-bond acceptors (Lipinski definition) is 3. The van der Waals surface area contributed by atoms with E-state index in [0.29, 0.717) is 5.76 Å². The quantitative estimate of drug-likeness (QED) is 0.879. The van der Waals surface area contributed by atoms with Crippen LogP contribution < -0.4 is 0 Å². The normalized spacial score (nSPS) is 14.9. The fraction of sp³-hybridized carbons (Fsp3) is 0.467. The van der Waals surface area contributed by atoms with E-state index >= 15 is 0 Å². The zero-order valence-corrected chi connectivity index (χ0v) is 11.1. The van der Waals surface area contributed by atoms with E-state index in [2.05, 4.69) is 13.0 Å². The zero-order chi connectivity index (χ0) is 13.1. The number of aliphatic hydroxyl groups excluding tert-OH is 1. The van der Waals surface area contributed by atoms with Gasteiger partial charge in [0, 0.05) is 12.5 Å². The minimum atomic E-state index is -0.706. The van der Waals surface area contributed by atoms with Crippen molar-refractivity contribution in [2.45, 2.75) is 38.9 Å². The van der Waals surface area contributed by atoms with Gasteiger partial charge < -0.3 is 14.3 Å². The van der Waals surface area contributed by atoms with Crippen molar-refractivity contribution in [3.05, 3.63) is 35.6 Å². The van der Waals surface area contributed by atoms with Gasteiger partial charge >= 0.3 is 0 Å². The van der Waals surface area contributed by atoms with Crippen molar-refractivity contribution in [1.29, 1.82) is 0 Å². The first kappa shape index (κ1) is 13.1. The summed E-state index contributed by atoms with van der Waals surface area (Å²) in [6.07, 6.45) is 0.863. The summed E-state index contributed by atoms with van der Waals surface area (Å²) in [4.78, 5) is 0. The lowest BCUT2D eigenvalue weighted by Crippen LogP contribution is -2.20. The maximum atomic E-state index is 10.3. The number of rotatable bonds is 5. The molecule has 0 aliphatic carbocycles. The highest BCUT2D eigenvalue weighted by atomic mass is 16.5. The number of furan rings is 1. The van der Waals surface area contributed by atoms with Gasteiger partial charge in [0.05, 0.1) is 6.10 Å². The van der Waals surface area contributed by atoms with Gasteiger partial charge in [-0.05, 0) is 31.5 Å². The van der Waals surface area contributed by atoms with Crippen molar-refractivity contribution in [1.82, 2.24) is 0 Å². The molecule has 0 aliphatic heterocycles. The van der Waals surface area contributed by atoms with Crippen molar-refractivity contribution in [3.8, 4) is 0 Å². The third kappa shape index (κ3) is 2.57. The average Bonchev–Trinajstić information content (AvgIpc) is 2.77. The molecule has 0 spiro atoms. The minimum absolute atomic E-state index is 0.211. The van der Waals surface area contributed by atoms with Crippen LogP contribution in [0.25, 0.3) is 11.0 Å². The third-order valence-corrected chi connectivity index (χ3v) is 3.21. The van der Waals surface area contributed by atoms with Crippen LogP contribution in [0.4, 0.5) is 0 Å². The van der Waals surface area contributed by atoms with Gasteiger partial charge in [-0.1, -0.05) is 25.0 Å². The number of fused-ring (bicyclic) bond motifs is 1. The molecule has 0 saturated carbocycles. The summed E-state index contributed by atoms with van der Waals surface area (Å²) in [6, 6.07) is 7.88. The molecule has 0 fully saturated rings. The van der Waals surface area contributed by atoms with Gasteiger partial charge in [-0.2, -0.15) is 0 Å². The smallest absolute Gasteiger partial charge is 0.138 e. The molecular formula is C15H20O3. The summed E-state index contributed by atoms with van der Waals surface area (Å²) < 4.78 is 11.0. The van der Waals surface area contributed by atoms with Crippen molar-refractivity contribution < 1.29 is 14.3 Å². The first-order valence-corrected chi connectivity index (χ1v) is 6.36. The Morgan fingerprint density at radius 2 is 2.11 bits per heavy atom. The minimum Gasteiger partial charge on any atom is -0.458 e. The van der Waals surface area contributed by atoms with Gasteiger partial charge in [-0.3, -0.25) is 0 Å². The largest absolute Gasteiger partial charge is 0.458 e. The van der Waals surface area contributed by atoms with Crippen LogP contribution in [0, 0.1) is 6.92 Å². The summed E-state index contributed by atoms with van der Waals surface area (Å²) in [5.41, 5.74) is 1.99. The van der Waals surface area contributed by atoms with Crippen molar-refractivity contribution in [2.75, 3.05) is 7.11 Å². The molecule has 0 saturated heterocycles. The summed E-state index contributed by atoms with van der Waals surface area (Å²) in [5, 5.41) is 11.3. The molecule has 0 amide bonds. The predicted octanol–water partition coefficient (Wildman–Crippen LogP) is 3.59. The fourth-order valence-electron chi connectivity index (χ4n) is 2.20. The number of aryl methyl sites for hydroxylation is 1. The zero-order valence-electron chi connectivity index (χ0n) is 11.1. The highest BCUT2D eigenvalue weighted by molar-refractivity contribution is 5.78. The monoisotopic (exact) mass is 248 g/mol. The molecule has 3 nitrogen and oxygen atoms in total. The van der Waals surface area contributed by atoms with Crippen LogP contribution in [0.3, 0.4) is 0 Å². The highest BCUT2D eigenvalue weighted by Gasteiger charge is 2.23. The van der Waals surface area contributed by atoms with Gasteiger partial charge in [-0.25, -0.2) is 0 Å². The van der Waals surface area contributed by atoms with Crippen molar-refractivity contribution >= 4 is 11.0 Å². The number of ether oxygens (including phenoxy) is 1. The molecule has 3 heteroatoms. The Bertz CT molecular complexity index is 515. The number of methoxy groups -OCH3 is 1. The lowest BCUT2D eigenvalue weighted by Gasteiger charge is -2.18. The average molecular weight is 248 g/mol. The lowest BCUT2D eigenvalue weighted by molar-refractivity contribution is -0.0271. The van der Waals surface area contributed by atoms with Gasteiger partial charge in [0.25, 0.3) is 0 Å². The van der Waals surface area contributed by atoms with Crippen LogP contribution in [0.1, 0.15) is 37.2 Å². The Morgan fingerprint density at radius 1 is 1.33 bits per heavy atom. The molecule has 0 bridgehead atoms. The van der Waals surface area contributed by atoms with E-state index in [1.54, 1.807) is 7.11 Å². The summed E-state index contributed by atoms with van der Waals surface area (Å²) in [7, 11) is 1.62. The Labute approximate surface area is 107 Å². The van der Waals surface area contributed by atoms with Gasteiger partial charge in [-0.15, -0.1) is 0 Å². The number of hydrogen-bond donors (Lipinski definition) is 1. The Balaban J connectivity index is 2.29. The van der Waals surface area contributed by atoms with Crippen LogP contribution in [-0.2, 0) is 4.74 Å². The standard InChI is InChI=1S/C15H20O3/c1-4-5-13(17-3)15(16)14-9-11-8-10(2)6-7-12(11)18-14/h6-9,13,15-16H,4-5H2,1-3H3. The van der Waals surface area contributed by atoms with Crippen LogP contribution in [0.5, 0.6) is 0 Å². The maximum absolute atomic E-state index is 10.3. The molecule has 1 aromatic heterocycles. The molecule has 2 unspecified atom stereocenters. The fourth-order valence-corrected chi connectivity index (χ4v) is 2.20. The number of aliphatic hydroxyl groups is 1. The van der Waals surface area contributed by atoms with Crippen molar-refractivity contribution in [3.63, 3.8) is 0 Å². The topological polar surface area (TPSA) is 42.6 Å². The number of benzene rings is 1. The molecule has 0 radical (unpaired) electrons. The molecule has 1 aromatic carbocycles. The Hall–Kier alpha value is -1.32. The molecule has 2 aromatic rings. The highest BCUT2D eigenvalue weighted by Crippen LogP contribution is 2.28. The van der Waals surface area contributed by atoms with Crippen LogP contribution in [0.2, 0.25) is 0 Å². The first-order chi connectivity index (χ1) is 8.65. The molecule has 2 atom stereocenters. The van der Waals surface area contributed by atoms with E-state index in [0.717, 1.165) is 23.8 Å². The van der Waals surface area contributed by atoms with E-state index in [-0.39, 0.29) is 6.10 Å². The SMILES string of the molecule is CCCC(OC)C(O)c1cc2cc(C)ccc2o1. The lowest BCUT2D eigenvalue weighted by atomic mass is 10.1. The van der Waals surface area contributed by atoms with E-state index in [9.17, 15) is 5.11 Å². The molecule has 18 heavy (non-hydrogen) atoms. The second kappa shape index (κ2) is 5.55. The van der Waals surface area contributed by atoms with E-state index in [4.69, 9.17) is 9.15 Å². The van der Waals surface area contributed by atoms with E-state index in [1.165, 1.54) is 5.56 Å². The third-order valence-electron chi connectivity index (χ3n) is 3.21. The van der Waals surface area contributed by atoms with Crippen LogP contribution >= 0.6 is 0 Å². The second-order valence-electron chi connectivity index (χ2n) is 4.70. The van der Waals surface area contributed by atoms with Gasteiger partial charge in [0.1, 0.15) is 17.4 Å². The maximum Gasteiger partial charge on any atom is 0.138 e. The second-order valence-corrected chi connectivity index (χ2v) is 4.70. The summed E-state index contributed by atoms with van der Waals surface area (Å²) >= 11 is 0. The molecule has 1 N–H and O–H groups in total. The molecular weight excluding hydrogens is 228 g/mol. The molecule has 98 valence electrons. The van der Waals surface area contributed by atoms with Crippen LogP contribution in [0.15, 0.2) is 28.7 Å². The summed E-state index contributed by atoms with van der Waals surface area (Å²) in [5.74, 6) is 0.580. The first-order valence-electron chi connectivity index (χ1n) is 6.36. The van der Waals surface area contributed by atoms with Crippen LogP contribution in [-0.4, -0.2) is 18.3 Å².